The molecule has 3 nitrogen and oxygen atoms in total. The van der Waals surface area contributed by atoms with Crippen LogP contribution >= 0.6 is 0 Å². The third-order valence-corrected chi connectivity index (χ3v) is 1.96. The monoisotopic (exact) mass is 177 g/mol. The topological polar surface area (TPSA) is 38.3 Å². The number of carbonyl (C=O) groups excluding carboxylic acids is 1. The standard InChI is InChI=1S/C10H11NO2/c1-7-3-2-4-8(5-7)13-10-6-9(12)11-10/h2-5,10H,6H2,1H3,(H,11,12). The fourth-order valence-electron chi connectivity index (χ4n) is 1.25. The lowest BCUT2D eigenvalue weighted by molar-refractivity contribution is -0.134. The Labute approximate surface area is 76.7 Å². The molecule has 0 spiro atoms. The largest absolute Gasteiger partial charge is 0.470 e. The Morgan fingerprint density at radius 1 is 1.54 bits per heavy atom. The Morgan fingerprint density at radius 2 is 2.31 bits per heavy atom. The van der Waals surface area contributed by atoms with Gasteiger partial charge in [-0.25, -0.2) is 0 Å². The van der Waals surface area contributed by atoms with Gasteiger partial charge in [0.15, 0.2) is 6.23 Å². The van der Waals surface area contributed by atoms with E-state index in [0.29, 0.717) is 6.42 Å². The zero-order chi connectivity index (χ0) is 9.26. The summed E-state index contributed by atoms with van der Waals surface area (Å²) in [6.45, 7) is 2.01. The first kappa shape index (κ1) is 8.10. The van der Waals surface area contributed by atoms with E-state index in [9.17, 15) is 4.79 Å². The highest BCUT2D eigenvalue weighted by molar-refractivity contribution is 5.82. The number of β-lactam (4-membered cyclic amide) rings is 1. The molecule has 1 atom stereocenters. The minimum atomic E-state index is -0.130. The molecule has 1 saturated heterocycles. The average Bonchev–Trinajstić information content (AvgIpc) is 2.01. The number of rotatable bonds is 2. The van der Waals surface area contributed by atoms with Crippen LogP contribution in [0.5, 0.6) is 5.75 Å². The van der Waals surface area contributed by atoms with Crippen molar-refractivity contribution in [1.82, 2.24) is 5.32 Å². The molecule has 13 heavy (non-hydrogen) atoms. The summed E-state index contributed by atoms with van der Waals surface area (Å²) in [5.41, 5.74) is 1.16. The van der Waals surface area contributed by atoms with Crippen LogP contribution in [-0.2, 0) is 4.79 Å². The number of hydrogen-bond donors (Lipinski definition) is 1. The summed E-state index contributed by atoms with van der Waals surface area (Å²) in [5.74, 6) is 0.864. The molecule has 0 saturated carbocycles. The van der Waals surface area contributed by atoms with E-state index in [1.165, 1.54) is 0 Å². The first-order valence-corrected chi connectivity index (χ1v) is 4.27. The van der Waals surface area contributed by atoms with Crippen molar-refractivity contribution in [3.05, 3.63) is 29.8 Å². The van der Waals surface area contributed by atoms with Crippen molar-refractivity contribution in [3.63, 3.8) is 0 Å². The van der Waals surface area contributed by atoms with Gasteiger partial charge < -0.3 is 10.1 Å². The molecule has 1 fully saturated rings. The summed E-state index contributed by atoms with van der Waals surface area (Å²) < 4.78 is 5.47. The van der Waals surface area contributed by atoms with Gasteiger partial charge in [0.2, 0.25) is 5.91 Å². The first-order valence-electron chi connectivity index (χ1n) is 4.27. The van der Waals surface area contributed by atoms with E-state index in [-0.39, 0.29) is 12.1 Å². The summed E-state index contributed by atoms with van der Waals surface area (Å²) in [5, 5.41) is 2.65. The fraction of sp³-hybridized carbons (Fsp3) is 0.300. The van der Waals surface area contributed by atoms with Gasteiger partial charge in [-0.2, -0.15) is 0 Å². The first-order chi connectivity index (χ1) is 6.24. The van der Waals surface area contributed by atoms with Gasteiger partial charge in [-0.1, -0.05) is 12.1 Å². The van der Waals surface area contributed by atoms with Crippen LogP contribution in [0.25, 0.3) is 0 Å². The smallest absolute Gasteiger partial charge is 0.228 e. The number of hydrogen-bond acceptors (Lipinski definition) is 2. The van der Waals surface area contributed by atoms with Crippen molar-refractivity contribution >= 4 is 5.91 Å². The molecule has 0 radical (unpaired) electrons. The fourth-order valence-corrected chi connectivity index (χ4v) is 1.25. The van der Waals surface area contributed by atoms with Crippen molar-refractivity contribution in [2.24, 2.45) is 0 Å². The Hall–Kier alpha value is -1.51. The summed E-state index contributed by atoms with van der Waals surface area (Å²) in [6, 6.07) is 7.78. The van der Waals surface area contributed by atoms with Crippen LogP contribution in [0, 0.1) is 6.92 Å². The van der Waals surface area contributed by atoms with E-state index in [4.69, 9.17) is 4.74 Å². The molecule has 0 aliphatic carbocycles. The van der Waals surface area contributed by atoms with Crippen LogP contribution in [-0.4, -0.2) is 12.1 Å². The number of carbonyl (C=O) groups is 1. The van der Waals surface area contributed by atoms with Crippen molar-refractivity contribution < 1.29 is 9.53 Å². The highest BCUT2D eigenvalue weighted by atomic mass is 16.5. The van der Waals surface area contributed by atoms with Crippen LogP contribution in [0.3, 0.4) is 0 Å². The van der Waals surface area contributed by atoms with Crippen LogP contribution in [0.2, 0.25) is 0 Å². The molecule has 1 aromatic rings. The number of ether oxygens (including phenoxy) is 1. The van der Waals surface area contributed by atoms with Crippen molar-refractivity contribution in [1.29, 1.82) is 0 Å². The Balaban J connectivity index is 1.98. The lowest BCUT2D eigenvalue weighted by Crippen LogP contribution is -2.51. The predicted octanol–water partition coefficient (Wildman–Crippen LogP) is 1.22. The van der Waals surface area contributed by atoms with Gasteiger partial charge in [0.25, 0.3) is 0 Å². The van der Waals surface area contributed by atoms with Crippen molar-refractivity contribution in [3.8, 4) is 5.75 Å². The molecule has 2 rings (SSSR count). The maximum Gasteiger partial charge on any atom is 0.228 e. The molecule has 1 unspecified atom stereocenters. The van der Waals surface area contributed by atoms with Gasteiger partial charge in [-0.15, -0.1) is 0 Å². The van der Waals surface area contributed by atoms with Gasteiger partial charge in [0.05, 0.1) is 6.42 Å². The van der Waals surface area contributed by atoms with E-state index < -0.39 is 0 Å². The van der Waals surface area contributed by atoms with Crippen molar-refractivity contribution in [2.45, 2.75) is 19.6 Å². The summed E-state index contributed by atoms with van der Waals surface area (Å²) in [4.78, 5) is 10.6. The summed E-state index contributed by atoms with van der Waals surface area (Å²) in [7, 11) is 0. The molecule has 1 amide bonds. The Bertz CT molecular complexity index is 327. The molecule has 1 N–H and O–H groups in total. The van der Waals surface area contributed by atoms with Crippen LogP contribution in [0.4, 0.5) is 0 Å². The molecule has 0 aromatic heterocycles. The van der Waals surface area contributed by atoms with Crippen LogP contribution in [0.15, 0.2) is 24.3 Å². The number of aryl methyl sites for hydroxylation is 1. The molecule has 68 valence electrons. The predicted molar refractivity (Wildman–Crippen MR) is 48.4 cm³/mol. The lowest BCUT2D eigenvalue weighted by Gasteiger charge is -2.27. The zero-order valence-electron chi connectivity index (χ0n) is 7.41. The van der Waals surface area contributed by atoms with Gasteiger partial charge >= 0.3 is 0 Å². The van der Waals surface area contributed by atoms with E-state index in [0.717, 1.165) is 11.3 Å². The van der Waals surface area contributed by atoms with Gasteiger partial charge in [-0.3, -0.25) is 4.79 Å². The zero-order valence-corrected chi connectivity index (χ0v) is 7.41. The van der Waals surface area contributed by atoms with Crippen molar-refractivity contribution in [2.75, 3.05) is 0 Å². The minimum absolute atomic E-state index is 0.0534. The normalized spacial score (nSPS) is 20.4. The molecular formula is C10H11NO2. The van der Waals surface area contributed by atoms with E-state index in [2.05, 4.69) is 5.32 Å². The number of nitrogens with one attached hydrogen (secondary N) is 1. The third-order valence-electron chi connectivity index (χ3n) is 1.96. The SMILES string of the molecule is Cc1cccc(OC2CC(=O)N2)c1. The molecule has 3 heteroatoms. The molecule has 1 aromatic carbocycles. The quantitative estimate of drug-likeness (QED) is 0.690. The van der Waals surface area contributed by atoms with Gasteiger partial charge in [0.1, 0.15) is 5.75 Å². The van der Waals surface area contributed by atoms with E-state index >= 15 is 0 Å². The maximum atomic E-state index is 10.6. The lowest BCUT2D eigenvalue weighted by atomic mass is 10.2. The van der Waals surface area contributed by atoms with Crippen LogP contribution < -0.4 is 10.1 Å². The molecule has 1 aliphatic rings. The molecular weight excluding hydrogens is 166 g/mol. The number of amides is 1. The van der Waals surface area contributed by atoms with E-state index in [1.807, 2.05) is 31.2 Å². The molecule has 1 heterocycles. The second-order valence-electron chi connectivity index (χ2n) is 3.19. The highest BCUT2D eigenvalue weighted by Crippen LogP contribution is 2.16. The Morgan fingerprint density at radius 3 is 2.92 bits per heavy atom. The summed E-state index contributed by atoms with van der Waals surface area (Å²) >= 11 is 0. The van der Waals surface area contributed by atoms with Crippen LogP contribution in [0.1, 0.15) is 12.0 Å². The molecule has 0 bridgehead atoms. The summed E-state index contributed by atoms with van der Waals surface area (Å²) in [6.07, 6.45) is 0.336. The highest BCUT2D eigenvalue weighted by Gasteiger charge is 2.26. The second-order valence-corrected chi connectivity index (χ2v) is 3.19. The number of benzene rings is 1. The Kier molecular flexibility index (Phi) is 1.93. The average molecular weight is 177 g/mol. The molecule has 1 aliphatic heterocycles. The maximum absolute atomic E-state index is 10.6. The minimum Gasteiger partial charge on any atom is -0.470 e. The van der Waals surface area contributed by atoms with Gasteiger partial charge in [-0.05, 0) is 24.6 Å². The second kappa shape index (κ2) is 3.09. The van der Waals surface area contributed by atoms with Gasteiger partial charge in [0, 0.05) is 0 Å². The third kappa shape index (κ3) is 1.80. The van der Waals surface area contributed by atoms with E-state index in [1.54, 1.807) is 0 Å².